The molecular formula is C21H29N5O. The first-order chi connectivity index (χ1) is 13.0. The predicted molar refractivity (Wildman–Crippen MR) is 108 cm³/mol. The van der Waals surface area contributed by atoms with Gasteiger partial charge in [-0.05, 0) is 18.9 Å². The number of rotatable bonds is 5. The van der Waals surface area contributed by atoms with Crippen LogP contribution in [0.3, 0.4) is 0 Å². The molecule has 0 spiro atoms. The average molecular weight is 367 g/mol. The van der Waals surface area contributed by atoms with Crippen LogP contribution in [0.5, 0.6) is 0 Å². The molecule has 1 aliphatic rings. The Hall–Kier alpha value is -2.63. The molecule has 2 amide bonds. The first kappa shape index (κ1) is 19.1. The zero-order valence-electron chi connectivity index (χ0n) is 16.5. The van der Waals surface area contributed by atoms with Gasteiger partial charge in [-0.2, -0.15) is 0 Å². The van der Waals surface area contributed by atoms with Crippen LogP contribution in [-0.2, 0) is 6.42 Å². The fourth-order valence-electron chi connectivity index (χ4n) is 3.20. The standard InChI is InChI=1S/C21H29N5O/c1-16(2)20-23-17(3)15-19(24-20)25-11-13-26(14-12-25)21(27)22-10-9-18-7-5-4-6-8-18/h4-8,15-16H,9-14H2,1-3H3,(H,22,27). The highest BCUT2D eigenvalue weighted by molar-refractivity contribution is 5.74. The van der Waals surface area contributed by atoms with Crippen molar-refractivity contribution < 1.29 is 4.79 Å². The third-order valence-electron chi connectivity index (χ3n) is 4.80. The molecule has 0 radical (unpaired) electrons. The molecule has 1 aromatic carbocycles. The summed E-state index contributed by atoms with van der Waals surface area (Å²) in [4.78, 5) is 25.8. The lowest BCUT2D eigenvalue weighted by Crippen LogP contribution is -2.52. The highest BCUT2D eigenvalue weighted by Crippen LogP contribution is 2.18. The third-order valence-corrected chi connectivity index (χ3v) is 4.80. The summed E-state index contributed by atoms with van der Waals surface area (Å²) in [5.74, 6) is 2.15. The monoisotopic (exact) mass is 367 g/mol. The minimum absolute atomic E-state index is 0.0207. The molecule has 0 atom stereocenters. The largest absolute Gasteiger partial charge is 0.353 e. The molecule has 0 bridgehead atoms. The SMILES string of the molecule is Cc1cc(N2CCN(C(=O)NCCc3ccccc3)CC2)nc(C(C)C)n1. The third kappa shape index (κ3) is 5.18. The van der Waals surface area contributed by atoms with Crippen LogP contribution in [0, 0.1) is 6.92 Å². The minimum Gasteiger partial charge on any atom is -0.353 e. The van der Waals surface area contributed by atoms with Crippen molar-refractivity contribution in [3.63, 3.8) is 0 Å². The average Bonchev–Trinajstić information content (AvgIpc) is 2.68. The summed E-state index contributed by atoms with van der Waals surface area (Å²) < 4.78 is 0. The van der Waals surface area contributed by atoms with E-state index in [0.717, 1.165) is 36.8 Å². The molecule has 1 N–H and O–H groups in total. The van der Waals surface area contributed by atoms with E-state index in [1.54, 1.807) is 0 Å². The number of carbonyl (C=O) groups excluding carboxylic acids is 1. The van der Waals surface area contributed by atoms with E-state index in [9.17, 15) is 4.79 Å². The van der Waals surface area contributed by atoms with Gasteiger partial charge in [0.25, 0.3) is 0 Å². The Morgan fingerprint density at radius 3 is 2.48 bits per heavy atom. The number of benzene rings is 1. The van der Waals surface area contributed by atoms with Crippen LogP contribution in [0.4, 0.5) is 10.6 Å². The number of aryl methyl sites for hydroxylation is 1. The Bertz CT molecular complexity index is 754. The van der Waals surface area contributed by atoms with Gasteiger partial charge >= 0.3 is 6.03 Å². The van der Waals surface area contributed by atoms with Crippen molar-refractivity contribution >= 4 is 11.8 Å². The van der Waals surface area contributed by atoms with Crippen molar-refractivity contribution in [1.82, 2.24) is 20.2 Å². The quantitative estimate of drug-likeness (QED) is 0.883. The van der Waals surface area contributed by atoms with Gasteiger partial charge in [0.2, 0.25) is 0 Å². The number of hydrogen-bond acceptors (Lipinski definition) is 4. The molecule has 0 saturated carbocycles. The van der Waals surface area contributed by atoms with Crippen LogP contribution in [0.25, 0.3) is 0 Å². The van der Waals surface area contributed by atoms with Crippen LogP contribution in [0.15, 0.2) is 36.4 Å². The maximum Gasteiger partial charge on any atom is 0.317 e. The van der Waals surface area contributed by atoms with E-state index in [2.05, 4.69) is 41.2 Å². The van der Waals surface area contributed by atoms with Crippen molar-refractivity contribution in [2.75, 3.05) is 37.6 Å². The fourth-order valence-corrected chi connectivity index (χ4v) is 3.20. The van der Waals surface area contributed by atoms with Gasteiger partial charge in [0.05, 0.1) is 0 Å². The summed E-state index contributed by atoms with van der Waals surface area (Å²) in [6, 6.07) is 12.3. The molecule has 3 rings (SSSR count). The second-order valence-electron chi connectivity index (χ2n) is 7.32. The Labute approximate surface area is 161 Å². The van der Waals surface area contributed by atoms with Gasteiger partial charge in [-0.3, -0.25) is 0 Å². The summed E-state index contributed by atoms with van der Waals surface area (Å²) >= 11 is 0. The molecular weight excluding hydrogens is 338 g/mol. The van der Waals surface area contributed by atoms with Gasteiger partial charge in [-0.25, -0.2) is 14.8 Å². The molecule has 144 valence electrons. The molecule has 1 aromatic heterocycles. The van der Waals surface area contributed by atoms with Crippen molar-refractivity contribution in [2.24, 2.45) is 0 Å². The van der Waals surface area contributed by atoms with Gasteiger partial charge in [0, 0.05) is 50.4 Å². The Morgan fingerprint density at radius 1 is 1.11 bits per heavy atom. The number of carbonyl (C=O) groups is 1. The van der Waals surface area contributed by atoms with Gasteiger partial charge in [-0.15, -0.1) is 0 Å². The number of anilines is 1. The second kappa shape index (κ2) is 8.84. The second-order valence-corrected chi connectivity index (χ2v) is 7.32. The number of piperazine rings is 1. The van der Waals surface area contributed by atoms with E-state index in [0.29, 0.717) is 25.6 Å². The fraction of sp³-hybridized carbons (Fsp3) is 0.476. The maximum absolute atomic E-state index is 12.4. The van der Waals surface area contributed by atoms with E-state index in [-0.39, 0.29) is 6.03 Å². The zero-order valence-corrected chi connectivity index (χ0v) is 16.5. The number of hydrogen-bond donors (Lipinski definition) is 1. The van der Waals surface area contributed by atoms with Crippen LogP contribution < -0.4 is 10.2 Å². The zero-order chi connectivity index (χ0) is 19.2. The molecule has 2 aromatic rings. The van der Waals surface area contributed by atoms with Crippen molar-refractivity contribution in [3.8, 4) is 0 Å². The van der Waals surface area contributed by atoms with Crippen LogP contribution in [0.2, 0.25) is 0 Å². The summed E-state index contributed by atoms with van der Waals surface area (Å²) in [5.41, 5.74) is 2.23. The van der Waals surface area contributed by atoms with E-state index in [1.807, 2.05) is 36.1 Å². The lowest BCUT2D eigenvalue weighted by molar-refractivity contribution is 0.194. The predicted octanol–water partition coefficient (Wildman–Crippen LogP) is 2.98. The number of urea groups is 1. The van der Waals surface area contributed by atoms with Crippen LogP contribution in [0.1, 0.15) is 36.8 Å². The van der Waals surface area contributed by atoms with Gasteiger partial charge < -0.3 is 15.1 Å². The molecule has 1 aliphatic heterocycles. The summed E-state index contributed by atoms with van der Waals surface area (Å²) in [6.45, 7) is 9.88. The number of nitrogens with one attached hydrogen (secondary N) is 1. The van der Waals surface area contributed by atoms with Gasteiger partial charge in [0.1, 0.15) is 11.6 Å². The summed E-state index contributed by atoms with van der Waals surface area (Å²) in [6.07, 6.45) is 0.852. The van der Waals surface area contributed by atoms with E-state index >= 15 is 0 Å². The van der Waals surface area contributed by atoms with Crippen LogP contribution in [-0.4, -0.2) is 53.6 Å². The maximum atomic E-state index is 12.4. The molecule has 27 heavy (non-hydrogen) atoms. The number of amides is 2. The molecule has 0 unspecified atom stereocenters. The first-order valence-corrected chi connectivity index (χ1v) is 9.70. The lowest BCUT2D eigenvalue weighted by Gasteiger charge is -2.35. The van der Waals surface area contributed by atoms with E-state index in [1.165, 1.54) is 5.56 Å². The van der Waals surface area contributed by atoms with Gasteiger partial charge in [0.15, 0.2) is 0 Å². The lowest BCUT2D eigenvalue weighted by atomic mass is 10.1. The smallest absolute Gasteiger partial charge is 0.317 e. The van der Waals surface area contributed by atoms with E-state index in [4.69, 9.17) is 4.98 Å². The molecule has 6 nitrogen and oxygen atoms in total. The highest BCUT2D eigenvalue weighted by atomic mass is 16.2. The normalized spacial score (nSPS) is 14.5. The van der Waals surface area contributed by atoms with Gasteiger partial charge in [-0.1, -0.05) is 44.2 Å². The molecule has 0 aliphatic carbocycles. The Balaban J connectivity index is 1.49. The summed E-state index contributed by atoms with van der Waals surface area (Å²) in [7, 11) is 0. The van der Waals surface area contributed by atoms with Crippen molar-refractivity contribution in [3.05, 3.63) is 53.5 Å². The number of nitrogens with zero attached hydrogens (tertiary/aromatic N) is 4. The minimum atomic E-state index is 0.0207. The molecule has 1 fully saturated rings. The van der Waals surface area contributed by atoms with Crippen LogP contribution >= 0.6 is 0 Å². The molecule has 6 heteroatoms. The summed E-state index contributed by atoms with van der Waals surface area (Å²) in [5, 5.41) is 3.03. The van der Waals surface area contributed by atoms with Crippen molar-refractivity contribution in [2.45, 2.75) is 33.1 Å². The molecule has 2 heterocycles. The first-order valence-electron chi connectivity index (χ1n) is 9.70. The van der Waals surface area contributed by atoms with Crippen molar-refractivity contribution in [1.29, 1.82) is 0 Å². The topological polar surface area (TPSA) is 61.4 Å². The Kier molecular flexibility index (Phi) is 6.27. The highest BCUT2D eigenvalue weighted by Gasteiger charge is 2.22. The number of aromatic nitrogens is 2. The van der Waals surface area contributed by atoms with E-state index < -0.39 is 0 Å². The Morgan fingerprint density at radius 2 is 1.81 bits per heavy atom. The molecule has 1 saturated heterocycles.